The third kappa shape index (κ3) is 2.76. The molecule has 0 aliphatic heterocycles. The van der Waals surface area contributed by atoms with Crippen molar-refractivity contribution in [1.82, 2.24) is 25.1 Å². The van der Waals surface area contributed by atoms with E-state index in [-0.39, 0.29) is 18.4 Å². The average Bonchev–Trinajstić information content (AvgIpc) is 2.87. The predicted octanol–water partition coefficient (Wildman–Crippen LogP) is -0.367. The van der Waals surface area contributed by atoms with Gasteiger partial charge in [0.2, 0.25) is 11.9 Å². The molecular weight excluding hydrogens is 228 g/mol. The Bertz CT molecular complexity index is 465. The van der Waals surface area contributed by atoms with E-state index in [1.165, 1.54) is 22.3 Å². The van der Waals surface area contributed by atoms with Gasteiger partial charge in [0, 0.05) is 11.1 Å². The van der Waals surface area contributed by atoms with Crippen LogP contribution >= 0.6 is 11.3 Å². The number of nitrogen functional groups attached to an aromatic ring is 1. The van der Waals surface area contributed by atoms with E-state index in [1.54, 1.807) is 11.7 Å². The van der Waals surface area contributed by atoms with E-state index >= 15 is 0 Å². The molecule has 0 radical (unpaired) electrons. The highest BCUT2D eigenvalue weighted by atomic mass is 32.1. The highest BCUT2D eigenvalue weighted by Crippen LogP contribution is 2.03. The molecule has 0 unspecified atom stereocenters. The molecule has 2 aromatic rings. The number of hydrogen-bond donors (Lipinski definition) is 2. The summed E-state index contributed by atoms with van der Waals surface area (Å²) >= 11 is 1.49. The van der Waals surface area contributed by atoms with Crippen molar-refractivity contribution in [2.24, 2.45) is 0 Å². The van der Waals surface area contributed by atoms with Crippen LogP contribution in [0.3, 0.4) is 0 Å². The second-order valence-electron chi connectivity index (χ2n) is 3.04. The molecular formula is C8H10N6OS. The fourth-order valence-electron chi connectivity index (χ4n) is 1.10. The molecule has 2 rings (SSSR count). The maximum Gasteiger partial charge on any atom is 0.242 e. The Hall–Kier alpha value is -1.96. The molecule has 16 heavy (non-hydrogen) atoms. The van der Waals surface area contributed by atoms with Crippen LogP contribution in [-0.2, 0) is 17.9 Å². The van der Waals surface area contributed by atoms with E-state index in [4.69, 9.17) is 5.73 Å². The minimum Gasteiger partial charge on any atom is -0.367 e. The van der Waals surface area contributed by atoms with Crippen LogP contribution in [0.25, 0.3) is 0 Å². The number of thiazole rings is 1. The van der Waals surface area contributed by atoms with Gasteiger partial charge < -0.3 is 11.1 Å². The number of nitrogens with zero attached hydrogens (tertiary/aromatic N) is 4. The van der Waals surface area contributed by atoms with Crippen LogP contribution in [0.1, 0.15) is 4.88 Å². The molecule has 2 aromatic heterocycles. The van der Waals surface area contributed by atoms with Gasteiger partial charge in [0.05, 0.1) is 12.1 Å². The molecule has 0 aliphatic rings. The van der Waals surface area contributed by atoms with E-state index in [2.05, 4.69) is 20.4 Å². The zero-order valence-electron chi connectivity index (χ0n) is 8.33. The Balaban J connectivity index is 1.81. The maximum atomic E-state index is 11.5. The van der Waals surface area contributed by atoms with Crippen molar-refractivity contribution in [3.05, 3.63) is 22.9 Å². The standard InChI is InChI=1S/C8H10N6OS/c9-8-12-4-14(13-8)3-7(15)11-2-6-1-10-5-16-6/h1,4-5H,2-3H2,(H2,9,13)(H,11,15). The van der Waals surface area contributed by atoms with Gasteiger partial charge in [-0.05, 0) is 0 Å². The van der Waals surface area contributed by atoms with Crippen LogP contribution in [-0.4, -0.2) is 25.7 Å². The largest absolute Gasteiger partial charge is 0.367 e. The van der Waals surface area contributed by atoms with Gasteiger partial charge in [-0.2, -0.15) is 0 Å². The zero-order chi connectivity index (χ0) is 11.4. The molecule has 0 aliphatic carbocycles. The number of amides is 1. The van der Waals surface area contributed by atoms with E-state index in [0.29, 0.717) is 6.54 Å². The molecule has 7 nitrogen and oxygen atoms in total. The average molecular weight is 238 g/mol. The highest BCUT2D eigenvalue weighted by molar-refractivity contribution is 7.09. The maximum absolute atomic E-state index is 11.5. The molecule has 0 saturated carbocycles. The monoisotopic (exact) mass is 238 g/mol. The van der Waals surface area contributed by atoms with Crippen LogP contribution < -0.4 is 11.1 Å². The van der Waals surface area contributed by atoms with Crippen molar-refractivity contribution in [2.45, 2.75) is 13.1 Å². The first-order chi connectivity index (χ1) is 7.74. The number of nitrogens with two attached hydrogens (primary N) is 1. The Morgan fingerprint density at radius 3 is 3.12 bits per heavy atom. The smallest absolute Gasteiger partial charge is 0.242 e. The van der Waals surface area contributed by atoms with Crippen LogP contribution in [0.15, 0.2) is 18.0 Å². The summed E-state index contributed by atoms with van der Waals surface area (Å²) in [7, 11) is 0. The summed E-state index contributed by atoms with van der Waals surface area (Å²) in [6.07, 6.45) is 3.14. The Labute approximate surface area is 95.3 Å². The lowest BCUT2D eigenvalue weighted by molar-refractivity contribution is -0.122. The van der Waals surface area contributed by atoms with Gasteiger partial charge >= 0.3 is 0 Å². The number of aromatic nitrogens is 4. The summed E-state index contributed by atoms with van der Waals surface area (Å²) in [5.74, 6) is 0.0218. The number of nitrogens with one attached hydrogen (secondary N) is 1. The Kier molecular flexibility index (Phi) is 3.10. The van der Waals surface area contributed by atoms with E-state index in [9.17, 15) is 4.79 Å². The van der Waals surface area contributed by atoms with Crippen LogP contribution in [0.4, 0.5) is 5.95 Å². The topological polar surface area (TPSA) is 98.7 Å². The third-order valence-electron chi connectivity index (χ3n) is 1.80. The molecule has 0 fully saturated rings. The molecule has 0 atom stereocenters. The fraction of sp³-hybridized carbons (Fsp3) is 0.250. The molecule has 84 valence electrons. The fourth-order valence-corrected chi connectivity index (χ4v) is 1.64. The first-order valence-electron chi connectivity index (χ1n) is 4.53. The highest BCUT2D eigenvalue weighted by Gasteiger charge is 2.04. The number of carbonyl (C=O) groups is 1. The Morgan fingerprint density at radius 1 is 1.62 bits per heavy atom. The summed E-state index contributed by atoms with van der Waals surface area (Å²) in [6.45, 7) is 0.594. The molecule has 0 spiro atoms. The lowest BCUT2D eigenvalue weighted by Gasteiger charge is -2.02. The number of carbonyl (C=O) groups excluding carboxylic acids is 1. The van der Waals surface area contributed by atoms with Gasteiger partial charge in [-0.25, -0.2) is 9.67 Å². The lowest BCUT2D eigenvalue weighted by atomic mass is 10.5. The van der Waals surface area contributed by atoms with Crippen LogP contribution in [0.2, 0.25) is 0 Å². The molecule has 0 aromatic carbocycles. The zero-order valence-corrected chi connectivity index (χ0v) is 9.15. The second kappa shape index (κ2) is 4.71. The van der Waals surface area contributed by atoms with Gasteiger partial charge in [-0.15, -0.1) is 16.4 Å². The minimum atomic E-state index is -0.140. The molecule has 0 bridgehead atoms. The van der Waals surface area contributed by atoms with Crippen molar-refractivity contribution < 1.29 is 4.79 Å². The number of rotatable bonds is 4. The van der Waals surface area contributed by atoms with Gasteiger partial charge in [0.15, 0.2) is 0 Å². The van der Waals surface area contributed by atoms with Gasteiger partial charge in [-0.3, -0.25) is 9.78 Å². The molecule has 0 saturated heterocycles. The third-order valence-corrected chi connectivity index (χ3v) is 2.58. The number of hydrogen-bond acceptors (Lipinski definition) is 6. The van der Waals surface area contributed by atoms with E-state index in [1.807, 2.05) is 0 Å². The predicted molar refractivity (Wildman–Crippen MR) is 58.4 cm³/mol. The van der Waals surface area contributed by atoms with E-state index < -0.39 is 0 Å². The first-order valence-corrected chi connectivity index (χ1v) is 5.41. The second-order valence-corrected chi connectivity index (χ2v) is 4.02. The molecule has 3 N–H and O–H groups in total. The number of anilines is 1. The van der Waals surface area contributed by atoms with Crippen LogP contribution in [0, 0.1) is 0 Å². The molecule has 2 heterocycles. The van der Waals surface area contributed by atoms with Crippen molar-refractivity contribution >= 4 is 23.2 Å². The minimum absolute atomic E-state index is 0.114. The quantitative estimate of drug-likeness (QED) is 0.757. The summed E-state index contributed by atoms with van der Waals surface area (Å²) in [4.78, 5) is 20.1. The summed E-state index contributed by atoms with van der Waals surface area (Å²) in [5, 5.41) is 6.55. The van der Waals surface area contributed by atoms with Crippen LogP contribution in [0.5, 0.6) is 0 Å². The lowest BCUT2D eigenvalue weighted by Crippen LogP contribution is -2.27. The SMILES string of the molecule is Nc1ncn(CC(=O)NCc2cncs2)n1. The van der Waals surface area contributed by atoms with Crippen molar-refractivity contribution in [2.75, 3.05) is 5.73 Å². The van der Waals surface area contributed by atoms with Gasteiger partial charge in [-0.1, -0.05) is 0 Å². The van der Waals surface area contributed by atoms with Crippen molar-refractivity contribution in [1.29, 1.82) is 0 Å². The van der Waals surface area contributed by atoms with E-state index in [0.717, 1.165) is 4.88 Å². The normalized spacial score (nSPS) is 10.2. The van der Waals surface area contributed by atoms with Crippen molar-refractivity contribution in [3.63, 3.8) is 0 Å². The molecule has 8 heteroatoms. The molecule has 1 amide bonds. The van der Waals surface area contributed by atoms with Gasteiger partial charge in [0.1, 0.15) is 12.9 Å². The van der Waals surface area contributed by atoms with Crippen molar-refractivity contribution in [3.8, 4) is 0 Å². The first kappa shape index (κ1) is 10.6. The van der Waals surface area contributed by atoms with Gasteiger partial charge in [0.25, 0.3) is 0 Å². The summed E-state index contributed by atoms with van der Waals surface area (Å²) < 4.78 is 1.39. The summed E-state index contributed by atoms with van der Waals surface area (Å²) in [6, 6.07) is 0. The Morgan fingerprint density at radius 2 is 2.50 bits per heavy atom. The summed E-state index contributed by atoms with van der Waals surface area (Å²) in [5.41, 5.74) is 7.05.